The third-order valence-electron chi connectivity index (χ3n) is 1.64. The van der Waals surface area contributed by atoms with E-state index in [1.807, 2.05) is 14.1 Å². The van der Waals surface area contributed by atoms with Gasteiger partial charge in [0, 0.05) is 20.2 Å². The lowest BCUT2D eigenvalue weighted by molar-refractivity contribution is 0.429. The molecule has 14 heavy (non-hydrogen) atoms. The van der Waals surface area contributed by atoms with Crippen molar-refractivity contribution in [1.82, 2.24) is 20.3 Å². The summed E-state index contributed by atoms with van der Waals surface area (Å²) < 4.78 is 5.00. The number of aromatic amines is 1. The van der Waals surface area contributed by atoms with E-state index in [0.717, 1.165) is 0 Å². The van der Waals surface area contributed by atoms with Crippen LogP contribution in [-0.2, 0) is 0 Å². The fourth-order valence-corrected chi connectivity index (χ4v) is 0.954. The summed E-state index contributed by atoms with van der Waals surface area (Å²) in [7, 11) is 3.66. The highest BCUT2D eigenvalue weighted by atomic mass is 16.5. The van der Waals surface area contributed by atoms with Gasteiger partial charge in [-0.1, -0.05) is 0 Å². The molecule has 0 radical (unpaired) electrons. The number of aromatic nitrogens is 4. The standard InChI is InChI=1S/C7H10N6O/c1-13(2)7-9-6(14-12-7)4-3-5(8)11-10-4/h3H,1-2H3,(H3,8,10,11). The lowest BCUT2D eigenvalue weighted by Gasteiger charge is -2.01. The average Bonchev–Trinajstić information content (AvgIpc) is 2.70. The van der Waals surface area contributed by atoms with Crippen molar-refractivity contribution in [2.75, 3.05) is 24.7 Å². The van der Waals surface area contributed by atoms with Crippen molar-refractivity contribution in [3.8, 4) is 11.6 Å². The van der Waals surface area contributed by atoms with Gasteiger partial charge in [0.25, 0.3) is 11.8 Å². The fraction of sp³-hybridized carbons (Fsp3) is 0.286. The Labute approximate surface area is 79.9 Å². The van der Waals surface area contributed by atoms with Gasteiger partial charge in [0.05, 0.1) is 0 Å². The number of nitrogen functional groups attached to an aromatic ring is 1. The van der Waals surface area contributed by atoms with Crippen molar-refractivity contribution in [1.29, 1.82) is 0 Å². The van der Waals surface area contributed by atoms with E-state index in [0.29, 0.717) is 23.4 Å². The maximum absolute atomic E-state index is 5.44. The highest BCUT2D eigenvalue weighted by Gasteiger charge is 2.11. The van der Waals surface area contributed by atoms with Gasteiger partial charge >= 0.3 is 0 Å². The molecule has 7 heteroatoms. The maximum Gasteiger partial charge on any atom is 0.277 e. The molecular weight excluding hydrogens is 184 g/mol. The van der Waals surface area contributed by atoms with Crippen LogP contribution in [0.25, 0.3) is 11.6 Å². The van der Waals surface area contributed by atoms with Crippen LogP contribution in [0.2, 0.25) is 0 Å². The van der Waals surface area contributed by atoms with Crippen LogP contribution in [0, 0.1) is 0 Å². The van der Waals surface area contributed by atoms with Gasteiger partial charge in [0.2, 0.25) is 0 Å². The molecule has 74 valence electrons. The van der Waals surface area contributed by atoms with Crippen molar-refractivity contribution in [2.45, 2.75) is 0 Å². The minimum Gasteiger partial charge on any atom is -0.382 e. The summed E-state index contributed by atoms with van der Waals surface area (Å²) in [5, 5.41) is 10.2. The summed E-state index contributed by atoms with van der Waals surface area (Å²) in [5.74, 6) is 1.27. The minimum absolute atomic E-state index is 0.373. The Morgan fingerprint density at radius 2 is 2.29 bits per heavy atom. The van der Waals surface area contributed by atoms with Gasteiger partial charge in [-0.3, -0.25) is 5.10 Å². The Morgan fingerprint density at radius 3 is 2.79 bits per heavy atom. The monoisotopic (exact) mass is 194 g/mol. The molecule has 0 spiro atoms. The number of nitrogens with two attached hydrogens (primary N) is 1. The number of hydrogen-bond acceptors (Lipinski definition) is 6. The zero-order valence-corrected chi connectivity index (χ0v) is 7.85. The smallest absolute Gasteiger partial charge is 0.277 e. The predicted octanol–water partition coefficient (Wildman–Crippen LogP) is 0.108. The number of nitrogens with zero attached hydrogens (tertiary/aromatic N) is 4. The first kappa shape index (κ1) is 8.54. The lowest BCUT2D eigenvalue weighted by atomic mass is 10.4. The van der Waals surface area contributed by atoms with Gasteiger partial charge in [0.15, 0.2) is 0 Å². The summed E-state index contributed by atoms with van der Waals surface area (Å²) in [6.07, 6.45) is 0. The number of anilines is 2. The number of hydrogen-bond donors (Lipinski definition) is 2. The second-order valence-corrected chi connectivity index (χ2v) is 3.00. The maximum atomic E-state index is 5.44. The summed E-state index contributed by atoms with van der Waals surface area (Å²) in [6, 6.07) is 1.63. The first-order valence-electron chi connectivity index (χ1n) is 3.99. The largest absolute Gasteiger partial charge is 0.382 e. The molecule has 0 bridgehead atoms. The highest BCUT2D eigenvalue weighted by Crippen LogP contribution is 2.18. The van der Waals surface area contributed by atoms with E-state index in [-0.39, 0.29) is 0 Å². The molecule has 0 aliphatic carbocycles. The third-order valence-corrected chi connectivity index (χ3v) is 1.64. The van der Waals surface area contributed by atoms with E-state index >= 15 is 0 Å². The fourth-order valence-electron chi connectivity index (χ4n) is 0.954. The van der Waals surface area contributed by atoms with Gasteiger partial charge in [-0.05, 0) is 5.16 Å². The number of H-pyrrole nitrogens is 1. The first-order chi connectivity index (χ1) is 6.66. The van der Waals surface area contributed by atoms with E-state index in [2.05, 4.69) is 20.3 Å². The van der Waals surface area contributed by atoms with Crippen molar-refractivity contribution in [3.63, 3.8) is 0 Å². The van der Waals surface area contributed by atoms with Gasteiger partial charge in [-0.15, -0.1) is 0 Å². The summed E-state index contributed by atoms with van der Waals surface area (Å²) in [4.78, 5) is 5.86. The lowest BCUT2D eigenvalue weighted by Crippen LogP contribution is -2.10. The molecule has 2 rings (SSSR count). The Morgan fingerprint density at radius 1 is 1.50 bits per heavy atom. The minimum atomic E-state index is 0.373. The van der Waals surface area contributed by atoms with E-state index in [9.17, 15) is 0 Å². The van der Waals surface area contributed by atoms with Crippen LogP contribution in [0.4, 0.5) is 11.8 Å². The van der Waals surface area contributed by atoms with Gasteiger partial charge < -0.3 is 15.2 Å². The topological polar surface area (TPSA) is 96.9 Å². The van der Waals surface area contributed by atoms with Crippen molar-refractivity contribution >= 4 is 11.8 Å². The molecule has 0 atom stereocenters. The van der Waals surface area contributed by atoms with E-state index < -0.39 is 0 Å². The zero-order valence-electron chi connectivity index (χ0n) is 7.85. The Kier molecular flexibility index (Phi) is 1.84. The molecule has 0 fully saturated rings. The van der Waals surface area contributed by atoms with Crippen LogP contribution in [0.15, 0.2) is 10.6 Å². The Bertz CT molecular complexity index is 431. The number of rotatable bonds is 2. The van der Waals surface area contributed by atoms with Crippen LogP contribution < -0.4 is 10.6 Å². The van der Waals surface area contributed by atoms with Crippen molar-refractivity contribution < 1.29 is 4.52 Å². The quantitative estimate of drug-likeness (QED) is 0.704. The average molecular weight is 194 g/mol. The molecule has 0 saturated carbocycles. The second kappa shape index (κ2) is 3.02. The molecule has 2 heterocycles. The van der Waals surface area contributed by atoms with Crippen LogP contribution >= 0.6 is 0 Å². The van der Waals surface area contributed by atoms with Gasteiger partial charge in [-0.25, -0.2) is 0 Å². The molecule has 0 unspecified atom stereocenters. The van der Waals surface area contributed by atoms with E-state index in [1.165, 1.54) is 0 Å². The van der Waals surface area contributed by atoms with Crippen LogP contribution in [0.3, 0.4) is 0 Å². The predicted molar refractivity (Wildman–Crippen MR) is 50.6 cm³/mol. The molecular formula is C7H10N6O. The van der Waals surface area contributed by atoms with Crippen LogP contribution in [0.1, 0.15) is 0 Å². The molecule has 3 N–H and O–H groups in total. The Balaban J connectivity index is 2.33. The number of nitrogens with one attached hydrogen (secondary N) is 1. The molecule has 2 aromatic rings. The zero-order chi connectivity index (χ0) is 10.1. The second-order valence-electron chi connectivity index (χ2n) is 3.00. The molecule has 7 nitrogen and oxygen atoms in total. The van der Waals surface area contributed by atoms with Crippen molar-refractivity contribution in [2.24, 2.45) is 0 Å². The van der Waals surface area contributed by atoms with Gasteiger partial charge in [0.1, 0.15) is 11.5 Å². The van der Waals surface area contributed by atoms with E-state index in [4.69, 9.17) is 10.3 Å². The molecule has 0 aliphatic rings. The highest BCUT2D eigenvalue weighted by molar-refractivity contribution is 5.53. The van der Waals surface area contributed by atoms with Gasteiger partial charge in [-0.2, -0.15) is 10.1 Å². The van der Waals surface area contributed by atoms with Crippen molar-refractivity contribution in [3.05, 3.63) is 6.07 Å². The molecule has 0 amide bonds. The van der Waals surface area contributed by atoms with Crippen LogP contribution in [-0.4, -0.2) is 34.4 Å². The molecule has 0 aliphatic heterocycles. The normalized spacial score (nSPS) is 10.4. The molecule has 0 saturated heterocycles. The Hall–Kier alpha value is -2.05. The summed E-state index contributed by atoms with van der Waals surface area (Å²) >= 11 is 0. The molecule has 0 aromatic carbocycles. The van der Waals surface area contributed by atoms with Crippen LogP contribution in [0.5, 0.6) is 0 Å². The first-order valence-corrected chi connectivity index (χ1v) is 3.99. The summed E-state index contributed by atoms with van der Waals surface area (Å²) in [5.41, 5.74) is 6.05. The SMILES string of the molecule is CN(C)c1noc(-c2cc(N)n[nH]2)n1. The van der Waals surface area contributed by atoms with E-state index in [1.54, 1.807) is 11.0 Å². The molecule has 2 aromatic heterocycles. The third kappa shape index (κ3) is 1.39. The summed E-state index contributed by atoms with van der Waals surface area (Å²) in [6.45, 7) is 0.